The lowest BCUT2D eigenvalue weighted by molar-refractivity contribution is 0.615. The van der Waals surface area contributed by atoms with E-state index in [-0.39, 0.29) is 11.9 Å². The number of fused-ring (bicyclic) bond motifs is 1. The Morgan fingerprint density at radius 1 is 0.920 bits per heavy atom. The van der Waals surface area contributed by atoms with Crippen LogP contribution in [0.25, 0.3) is 11.0 Å². The lowest BCUT2D eigenvalue weighted by Gasteiger charge is -2.20. The highest BCUT2D eigenvalue weighted by molar-refractivity contribution is 5.75. The number of hydrogen-bond donors (Lipinski definition) is 0. The van der Waals surface area contributed by atoms with Gasteiger partial charge >= 0.3 is 0 Å². The summed E-state index contributed by atoms with van der Waals surface area (Å²) in [5.41, 5.74) is 5.39. The Morgan fingerprint density at radius 2 is 1.68 bits per heavy atom. The average Bonchev–Trinajstić information content (AvgIpc) is 3.10. The molecule has 0 fully saturated rings. The fraction of sp³-hybridized carbons (Fsp3) is 0.150. The summed E-state index contributed by atoms with van der Waals surface area (Å²) in [6.45, 7) is 3.91. The summed E-state index contributed by atoms with van der Waals surface area (Å²) < 4.78 is 15.8. The molecule has 2 aromatic carbocycles. The van der Waals surface area contributed by atoms with E-state index in [4.69, 9.17) is 0 Å². The lowest BCUT2D eigenvalue weighted by atomic mass is 9.97. The molecular formula is C20H17FN4. The van der Waals surface area contributed by atoms with Crippen LogP contribution in [0.5, 0.6) is 0 Å². The van der Waals surface area contributed by atoms with Crippen molar-refractivity contribution >= 4 is 11.0 Å². The quantitative estimate of drug-likeness (QED) is 0.564. The molecule has 4 rings (SSSR count). The van der Waals surface area contributed by atoms with Crippen LogP contribution in [-0.2, 0) is 0 Å². The van der Waals surface area contributed by atoms with E-state index in [1.165, 1.54) is 6.07 Å². The van der Waals surface area contributed by atoms with Crippen LogP contribution < -0.4 is 0 Å². The SMILES string of the molecule is Cc1nc2ccc(C(c3cccc(F)c3)n3ccnc3)cc2nc1C. The maximum Gasteiger partial charge on any atom is 0.123 e. The van der Waals surface area contributed by atoms with Gasteiger partial charge in [0.25, 0.3) is 0 Å². The van der Waals surface area contributed by atoms with Crippen LogP contribution in [0.3, 0.4) is 0 Å². The van der Waals surface area contributed by atoms with Gasteiger partial charge in [-0.3, -0.25) is 0 Å². The summed E-state index contributed by atoms with van der Waals surface area (Å²) >= 11 is 0. The Labute approximate surface area is 145 Å². The number of aryl methyl sites for hydroxylation is 2. The van der Waals surface area contributed by atoms with Crippen molar-refractivity contribution in [3.05, 3.63) is 89.5 Å². The van der Waals surface area contributed by atoms with Crippen LogP contribution in [-0.4, -0.2) is 19.5 Å². The van der Waals surface area contributed by atoms with Gasteiger partial charge in [-0.05, 0) is 49.2 Å². The van der Waals surface area contributed by atoms with E-state index in [0.29, 0.717) is 0 Å². The molecule has 0 aliphatic carbocycles. The molecule has 2 heterocycles. The van der Waals surface area contributed by atoms with Crippen molar-refractivity contribution in [2.24, 2.45) is 0 Å². The zero-order valence-corrected chi connectivity index (χ0v) is 14.0. The molecular weight excluding hydrogens is 315 g/mol. The number of imidazole rings is 1. The third-order valence-corrected chi connectivity index (χ3v) is 4.40. The average molecular weight is 332 g/mol. The molecule has 1 atom stereocenters. The van der Waals surface area contributed by atoms with Crippen LogP contribution in [0.4, 0.5) is 4.39 Å². The van der Waals surface area contributed by atoms with Crippen molar-refractivity contribution in [1.82, 2.24) is 19.5 Å². The van der Waals surface area contributed by atoms with E-state index in [0.717, 1.165) is 33.5 Å². The van der Waals surface area contributed by atoms with Gasteiger partial charge in [-0.15, -0.1) is 0 Å². The third-order valence-electron chi connectivity index (χ3n) is 4.40. The van der Waals surface area contributed by atoms with E-state index < -0.39 is 0 Å². The maximum atomic E-state index is 13.8. The minimum atomic E-state index is -0.255. The molecule has 4 nitrogen and oxygen atoms in total. The van der Waals surface area contributed by atoms with E-state index in [9.17, 15) is 4.39 Å². The Balaban J connectivity index is 1.90. The number of halogens is 1. The summed E-state index contributed by atoms with van der Waals surface area (Å²) in [5.74, 6) is -0.255. The van der Waals surface area contributed by atoms with Crippen molar-refractivity contribution < 1.29 is 4.39 Å². The molecule has 0 aliphatic heterocycles. The summed E-state index contributed by atoms with van der Waals surface area (Å²) in [4.78, 5) is 13.4. The standard InChI is InChI=1S/C20H17FN4/c1-13-14(2)24-19-11-16(6-7-18(19)23-13)20(25-9-8-22-12-25)15-4-3-5-17(21)10-15/h3-12,20H,1-2H3. The van der Waals surface area contributed by atoms with Gasteiger partial charge in [0.1, 0.15) is 5.82 Å². The van der Waals surface area contributed by atoms with Gasteiger partial charge in [-0.25, -0.2) is 19.3 Å². The normalized spacial score (nSPS) is 12.4. The predicted octanol–water partition coefficient (Wildman–Crippen LogP) is 4.22. The zero-order chi connectivity index (χ0) is 17.4. The smallest absolute Gasteiger partial charge is 0.123 e. The van der Waals surface area contributed by atoms with Crippen LogP contribution in [0, 0.1) is 19.7 Å². The Bertz CT molecular complexity index is 1040. The predicted molar refractivity (Wildman–Crippen MR) is 94.9 cm³/mol. The van der Waals surface area contributed by atoms with E-state index in [2.05, 4.69) is 15.0 Å². The van der Waals surface area contributed by atoms with E-state index in [1.807, 2.05) is 48.9 Å². The second kappa shape index (κ2) is 6.09. The number of rotatable bonds is 3. The highest BCUT2D eigenvalue weighted by atomic mass is 19.1. The van der Waals surface area contributed by atoms with Crippen molar-refractivity contribution in [3.63, 3.8) is 0 Å². The molecule has 0 amide bonds. The van der Waals surface area contributed by atoms with Gasteiger partial charge in [0.2, 0.25) is 0 Å². The molecule has 0 saturated heterocycles. The van der Waals surface area contributed by atoms with Gasteiger partial charge in [0.05, 0.1) is 34.8 Å². The second-order valence-electron chi connectivity index (χ2n) is 6.11. The molecule has 0 aliphatic rings. The number of hydrogen-bond acceptors (Lipinski definition) is 3. The molecule has 1 unspecified atom stereocenters. The molecule has 0 N–H and O–H groups in total. The molecule has 0 bridgehead atoms. The summed E-state index contributed by atoms with van der Waals surface area (Å²) in [6.07, 6.45) is 5.35. The number of benzene rings is 2. The van der Waals surface area contributed by atoms with Gasteiger partial charge in [-0.2, -0.15) is 0 Å². The highest BCUT2D eigenvalue weighted by Gasteiger charge is 2.17. The monoisotopic (exact) mass is 332 g/mol. The van der Waals surface area contributed by atoms with E-state index >= 15 is 0 Å². The number of nitrogens with zero attached hydrogens (tertiary/aromatic N) is 4. The van der Waals surface area contributed by atoms with E-state index in [1.54, 1.807) is 24.7 Å². The molecule has 0 radical (unpaired) electrons. The first-order valence-electron chi connectivity index (χ1n) is 8.09. The minimum Gasteiger partial charge on any atom is -0.326 e. The highest BCUT2D eigenvalue weighted by Crippen LogP contribution is 2.29. The summed E-state index contributed by atoms with van der Waals surface area (Å²) in [7, 11) is 0. The first-order chi connectivity index (χ1) is 12.1. The molecule has 25 heavy (non-hydrogen) atoms. The summed E-state index contributed by atoms with van der Waals surface area (Å²) in [6, 6.07) is 12.5. The molecule has 5 heteroatoms. The van der Waals surface area contributed by atoms with Gasteiger partial charge in [-0.1, -0.05) is 18.2 Å². The molecule has 124 valence electrons. The zero-order valence-electron chi connectivity index (χ0n) is 14.0. The third kappa shape index (κ3) is 2.89. The van der Waals surface area contributed by atoms with Crippen LogP contribution in [0.1, 0.15) is 28.6 Å². The largest absolute Gasteiger partial charge is 0.326 e. The first-order valence-corrected chi connectivity index (χ1v) is 8.09. The fourth-order valence-corrected chi connectivity index (χ4v) is 3.05. The Morgan fingerprint density at radius 3 is 2.40 bits per heavy atom. The second-order valence-corrected chi connectivity index (χ2v) is 6.11. The molecule has 4 aromatic rings. The van der Waals surface area contributed by atoms with Crippen LogP contribution >= 0.6 is 0 Å². The summed E-state index contributed by atoms with van der Waals surface area (Å²) in [5, 5.41) is 0. The molecule has 2 aromatic heterocycles. The Kier molecular flexibility index (Phi) is 3.76. The van der Waals surface area contributed by atoms with Crippen LogP contribution in [0.2, 0.25) is 0 Å². The Hall–Kier alpha value is -3.08. The van der Waals surface area contributed by atoms with Gasteiger partial charge in [0.15, 0.2) is 0 Å². The van der Waals surface area contributed by atoms with Crippen LogP contribution in [0.15, 0.2) is 61.2 Å². The first kappa shape index (κ1) is 15.4. The lowest BCUT2D eigenvalue weighted by Crippen LogP contribution is -2.11. The molecule has 0 spiro atoms. The maximum absolute atomic E-state index is 13.8. The van der Waals surface area contributed by atoms with Crippen molar-refractivity contribution in [2.45, 2.75) is 19.9 Å². The molecule has 0 saturated carbocycles. The minimum absolute atomic E-state index is 0.175. The van der Waals surface area contributed by atoms with Gasteiger partial charge in [0, 0.05) is 12.4 Å². The van der Waals surface area contributed by atoms with Crippen molar-refractivity contribution in [1.29, 1.82) is 0 Å². The van der Waals surface area contributed by atoms with Crippen molar-refractivity contribution in [3.8, 4) is 0 Å². The fourth-order valence-electron chi connectivity index (χ4n) is 3.05. The van der Waals surface area contributed by atoms with Crippen molar-refractivity contribution in [2.75, 3.05) is 0 Å². The topological polar surface area (TPSA) is 43.6 Å². The van der Waals surface area contributed by atoms with Gasteiger partial charge < -0.3 is 4.57 Å². The number of aromatic nitrogens is 4.